The number of nitrogens with one attached hydrogen (secondary N) is 1. The van der Waals surface area contributed by atoms with Crippen LogP contribution in [0.3, 0.4) is 0 Å². The summed E-state index contributed by atoms with van der Waals surface area (Å²) >= 11 is 1.63. The summed E-state index contributed by atoms with van der Waals surface area (Å²) in [4.78, 5) is 48.3. The molecular weight excluding hydrogens is 701 g/mol. The molecule has 0 radical (unpaired) electrons. The molecule has 0 aromatic heterocycles. The van der Waals surface area contributed by atoms with Crippen LogP contribution in [-0.4, -0.2) is 78.5 Å². The number of amides is 3. The number of cyclic esters (lactones) is 1. The number of carbonyl (C=O) groups excluding carboxylic acids is 3. The number of ether oxygens (including phenoxy) is 2. The number of rotatable bonds is 19. The van der Waals surface area contributed by atoms with Crippen LogP contribution in [0.15, 0.2) is 57.2 Å². The number of hydrogen-bond acceptors (Lipinski definition) is 9. The maximum absolute atomic E-state index is 14.8. The number of imide groups is 1. The average molecular weight is 757 g/mol. The molecule has 0 bridgehead atoms. The van der Waals surface area contributed by atoms with E-state index in [0.29, 0.717) is 17.2 Å². The molecule has 13 heteroatoms. The first-order valence-electron chi connectivity index (χ1n) is 18.6. The van der Waals surface area contributed by atoms with Gasteiger partial charge in [0.05, 0.1) is 11.4 Å². The van der Waals surface area contributed by atoms with Crippen LogP contribution in [0.4, 0.5) is 16.2 Å². The second-order valence-electron chi connectivity index (χ2n) is 14.9. The van der Waals surface area contributed by atoms with Crippen molar-refractivity contribution in [3.63, 3.8) is 0 Å². The van der Waals surface area contributed by atoms with Crippen LogP contribution in [0.25, 0.3) is 0 Å². The quantitative estimate of drug-likeness (QED) is 0.112. The molecule has 4 rings (SSSR count). The first-order chi connectivity index (χ1) is 24.6. The van der Waals surface area contributed by atoms with E-state index in [9.17, 15) is 22.8 Å². The minimum Gasteiger partial charge on any atom is -0.433 e. The van der Waals surface area contributed by atoms with Gasteiger partial charge in [0.1, 0.15) is 4.90 Å². The molecule has 1 saturated heterocycles. The molecule has 286 valence electrons. The van der Waals surface area contributed by atoms with Crippen LogP contribution in [0, 0.1) is 0 Å². The number of sulfonamides is 1. The highest BCUT2D eigenvalue weighted by molar-refractivity contribution is 7.99. The number of benzene rings is 2. The molecule has 0 aliphatic carbocycles. The van der Waals surface area contributed by atoms with Gasteiger partial charge in [0.15, 0.2) is 17.5 Å². The maximum Gasteiger partial charge on any atom is 0.418 e. The lowest BCUT2D eigenvalue weighted by molar-refractivity contribution is -0.137. The number of aliphatic imine (C=N–C) groups is 1. The van der Waals surface area contributed by atoms with Crippen molar-refractivity contribution in [1.29, 1.82) is 0 Å². The highest BCUT2D eigenvalue weighted by Crippen LogP contribution is 2.37. The zero-order valence-corrected chi connectivity index (χ0v) is 33.5. The van der Waals surface area contributed by atoms with Crippen molar-refractivity contribution < 1.29 is 32.3 Å². The number of para-hydroxylation sites is 1. The third-order valence-electron chi connectivity index (χ3n) is 9.10. The minimum absolute atomic E-state index is 0.0354. The van der Waals surface area contributed by atoms with Gasteiger partial charge in [-0.25, -0.2) is 23.1 Å². The minimum atomic E-state index is -4.26. The van der Waals surface area contributed by atoms with Crippen molar-refractivity contribution in [2.75, 3.05) is 30.8 Å². The van der Waals surface area contributed by atoms with Gasteiger partial charge in [0, 0.05) is 24.7 Å². The molecule has 1 N–H and O–H groups in total. The fourth-order valence-corrected chi connectivity index (χ4v) is 8.64. The number of thioether (sulfide) groups is 1. The largest absolute Gasteiger partial charge is 0.433 e. The van der Waals surface area contributed by atoms with E-state index < -0.39 is 39.6 Å². The molecule has 2 aromatic carbocycles. The summed E-state index contributed by atoms with van der Waals surface area (Å²) in [5.74, 6) is -0.983. The Morgan fingerprint density at radius 1 is 0.962 bits per heavy atom. The molecule has 1 fully saturated rings. The first kappa shape index (κ1) is 41.3. The molecule has 0 spiro atoms. The summed E-state index contributed by atoms with van der Waals surface area (Å²) < 4.78 is 40.7. The van der Waals surface area contributed by atoms with Crippen molar-refractivity contribution in [2.45, 2.75) is 133 Å². The second-order valence-corrected chi connectivity index (χ2v) is 17.8. The van der Waals surface area contributed by atoms with E-state index in [1.807, 2.05) is 18.2 Å². The van der Waals surface area contributed by atoms with Crippen molar-refractivity contribution in [1.82, 2.24) is 9.21 Å². The highest BCUT2D eigenvalue weighted by Gasteiger charge is 2.55. The fourth-order valence-electron chi connectivity index (χ4n) is 6.02. The first-order valence-corrected chi connectivity index (χ1v) is 21.0. The van der Waals surface area contributed by atoms with Crippen LogP contribution < -0.4 is 5.32 Å². The van der Waals surface area contributed by atoms with Crippen LogP contribution >= 0.6 is 11.8 Å². The third-order valence-corrected chi connectivity index (χ3v) is 12.1. The summed E-state index contributed by atoms with van der Waals surface area (Å²) in [5, 5.41) is 3.01. The van der Waals surface area contributed by atoms with E-state index in [4.69, 9.17) is 14.5 Å². The van der Waals surface area contributed by atoms with Gasteiger partial charge in [0.25, 0.3) is 21.8 Å². The zero-order valence-electron chi connectivity index (χ0n) is 31.8. The number of hydrogen-bond donors (Lipinski definition) is 1. The Balaban J connectivity index is 1.76. The lowest BCUT2D eigenvalue weighted by Gasteiger charge is -2.35. The monoisotopic (exact) mass is 756 g/mol. The number of fused-ring (bicyclic) bond motifs is 1. The lowest BCUT2D eigenvalue weighted by atomic mass is 9.87. The van der Waals surface area contributed by atoms with E-state index in [2.05, 4.69) is 39.9 Å². The summed E-state index contributed by atoms with van der Waals surface area (Å²) in [7, 11) is -4.26. The van der Waals surface area contributed by atoms with E-state index in [1.165, 1.54) is 51.7 Å². The Kier molecular flexibility index (Phi) is 14.4. The third kappa shape index (κ3) is 9.96. The van der Waals surface area contributed by atoms with Crippen molar-refractivity contribution in [3.8, 4) is 0 Å². The molecule has 0 saturated carbocycles. The number of nitrogens with zero attached hydrogens (tertiary/aromatic N) is 3. The summed E-state index contributed by atoms with van der Waals surface area (Å²) in [5.41, 5.74) is -0.244. The van der Waals surface area contributed by atoms with E-state index in [-0.39, 0.29) is 41.4 Å². The zero-order chi connectivity index (χ0) is 38.1. The number of anilines is 1. The lowest BCUT2D eigenvalue weighted by Crippen LogP contribution is -2.59. The molecule has 1 atom stereocenters. The number of amidine groups is 1. The molecular formula is C39H56N4O7S2. The maximum atomic E-state index is 14.8. The Bertz CT molecular complexity index is 1720. The average Bonchev–Trinajstić information content (AvgIpc) is 3.28. The van der Waals surface area contributed by atoms with Gasteiger partial charge >= 0.3 is 6.09 Å². The van der Waals surface area contributed by atoms with Crippen LogP contribution in [0.2, 0.25) is 0 Å². The Morgan fingerprint density at radius 2 is 1.63 bits per heavy atom. The summed E-state index contributed by atoms with van der Waals surface area (Å²) in [6.07, 6.45) is 7.99. The number of unbranched alkanes of at least 4 members (excludes halogenated alkanes) is 6. The smallest absolute Gasteiger partial charge is 0.418 e. The molecule has 1 unspecified atom stereocenters. The van der Waals surface area contributed by atoms with Gasteiger partial charge in [-0.2, -0.15) is 0 Å². The van der Waals surface area contributed by atoms with Crippen molar-refractivity contribution in [2.24, 2.45) is 4.99 Å². The van der Waals surface area contributed by atoms with E-state index >= 15 is 0 Å². The highest BCUT2D eigenvalue weighted by atomic mass is 32.2. The van der Waals surface area contributed by atoms with Crippen LogP contribution in [0.1, 0.15) is 112 Å². The predicted molar refractivity (Wildman–Crippen MR) is 207 cm³/mol. The van der Waals surface area contributed by atoms with Crippen LogP contribution in [-0.2, 0) is 34.5 Å². The molecule has 2 heterocycles. The van der Waals surface area contributed by atoms with E-state index in [0.717, 1.165) is 46.2 Å². The SMILES string of the molecule is CCCCCCCCSc1ccc(C(C)(C)C)cc1NC(=O)C(C1=Nc2ccccc2S(=O)(=O)N1CCCOCCCC)N1C(=O)OC(C)(C)C1=O. The van der Waals surface area contributed by atoms with Crippen LogP contribution in [0.5, 0.6) is 0 Å². The Morgan fingerprint density at radius 3 is 2.31 bits per heavy atom. The van der Waals surface area contributed by atoms with Gasteiger partial charge < -0.3 is 14.8 Å². The van der Waals surface area contributed by atoms with Crippen molar-refractivity contribution in [3.05, 3.63) is 48.0 Å². The summed E-state index contributed by atoms with van der Waals surface area (Å²) in [6, 6.07) is 10.4. The fraction of sp³-hybridized carbons (Fsp3) is 0.590. The second kappa shape index (κ2) is 18.1. The summed E-state index contributed by atoms with van der Waals surface area (Å²) in [6.45, 7) is 14.1. The van der Waals surface area contributed by atoms with Gasteiger partial charge in [0.2, 0.25) is 0 Å². The standard InChI is InChI=1S/C39H56N4O7S2/c1-8-10-12-13-14-17-26-51-31-22-21-28(38(3,4)5)27-30(31)41-35(44)33(43-36(45)39(6,7)50-37(43)46)34-40-29-19-15-16-20-32(29)52(47,48)42(34)23-18-25-49-24-11-9-2/h15-16,19-22,27,33H,8-14,17-18,23-26H2,1-7H3,(H,41,44). The van der Waals surface area contributed by atoms with Gasteiger partial charge in [-0.15, -0.1) is 11.8 Å². The van der Waals surface area contributed by atoms with Gasteiger partial charge in [-0.3, -0.25) is 13.9 Å². The molecule has 2 aliphatic rings. The predicted octanol–water partition coefficient (Wildman–Crippen LogP) is 8.44. The Hall–Kier alpha value is -3.42. The normalized spacial score (nSPS) is 17.1. The molecule has 2 aromatic rings. The van der Waals surface area contributed by atoms with Gasteiger partial charge in [-0.05, 0) is 74.1 Å². The Labute approximate surface area is 314 Å². The molecule has 52 heavy (non-hydrogen) atoms. The molecule has 3 amide bonds. The topological polar surface area (TPSA) is 135 Å². The number of carbonyl (C=O) groups is 3. The molecule has 11 nitrogen and oxygen atoms in total. The van der Waals surface area contributed by atoms with Gasteiger partial charge in [-0.1, -0.05) is 91.3 Å². The van der Waals surface area contributed by atoms with Crippen molar-refractivity contribution >= 4 is 56.9 Å². The van der Waals surface area contributed by atoms with E-state index in [1.54, 1.807) is 23.9 Å². The molecule has 2 aliphatic heterocycles.